The van der Waals surface area contributed by atoms with Gasteiger partial charge in [0.15, 0.2) is 11.5 Å². The number of fused-ring (bicyclic) bond motifs is 1. The Morgan fingerprint density at radius 1 is 0.947 bits per heavy atom. The molecule has 1 aromatic heterocycles. The monoisotopic (exact) mass is 513 g/mol. The van der Waals surface area contributed by atoms with Crippen molar-refractivity contribution >= 4 is 22.6 Å². The molecule has 0 radical (unpaired) electrons. The maximum atomic E-state index is 12.6. The van der Waals surface area contributed by atoms with E-state index in [1.165, 1.54) is 11.9 Å². The van der Waals surface area contributed by atoms with Crippen molar-refractivity contribution in [2.75, 3.05) is 32.6 Å². The molecule has 1 aliphatic rings. The molecule has 4 aromatic rings. The van der Waals surface area contributed by atoms with E-state index in [0.29, 0.717) is 45.6 Å². The second-order valence-electron chi connectivity index (χ2n) is 9.22. The zero-order valence-corrected chi connectivity index (χ0v) is 21.5. The van der Waals surface area contributed by atoms with Gasteiger partial charge in [-0.05, 0) is 61.1 Å². The summed E-state index contributed by atoms with van der Waals surface area (Å²) in [6.45, 7) is 1.67. The molecular formula is C29H31N5O4. The maximum absolute atomic E-state index is 12.6. The first kappa shape index (κ1) is 25.3. The van der Waals surface area contributed by atoms with Crippen LogP contribution < -0.4 is 25.0 Å². The fourth-order valence-corrected chi connectivity index (χ4v) is 4.66. The number of amides is 2. The molecule has 9 heteroatoms. The molecule has 1 fully saturated rings. The Balaban J connectivity index is 1.14. The summed E-state index contributed by atoms with van der Waals surface area (Å²) in [6, 6.07) is 21.0. The predicted octanol–water partition coefficient (Wildman–Crippen LogP) is 5.43. The van der Waals surface area contributed by atoms with Crippen LogP contribution in [-0.2, 0) is 6.42 Å². The molecule has 0 atom stereocenters. The zero-order valence-electron chi connectivity index (χ0n) is 21.5. The first-order chi connectivity index (χ1) is 18.6. The van der Waals surface area contributed by atoms with Crippen molar-refractivity contribution in [3.8, 4) is 23.1 Å². The largest absolute Gasteiger partial charge is 0.493 e. The Morgan fingerprint density at radius 3 is 2.37 bits per heavy atom. The summed E-state index contributed by atoms with van der Waals surface area (Å²) in [4.78, 5) is 21.1. The standard InChI is InChI=1S/C29H31N5O4/c1-36-26-17-24-25(18-27(26)37-2)30-19-31-28(24)38-23-10-8-22(9-11-23)32-29(35)33-34-14-12-21(13-15-34)16-20-6-4-3-5-7-20/h3-11,17-19,21H,12-16H2,1-2H3,(H2,32,33,35). The number of rotatable bonds is 8. The Labute approximate surface area is 221 Å². The summed E-state index contributed by atoms with van der Waals surface area (Å²) in [7, 11) is 3.15. The number of aromatic nitrogens is 2. The van der Waals surface area contributed by atoms with Crippen molar-refractivity contribution in [1.29, 1.82) is 0 Å². The average Bonchev–Trinajstić information content (AvgIpc) is 2.95. The summed E-state index contributed by atoms with van der Waals surface area (Å²) in [5.74, 6) is 2.75. The Kier molecular flexibility index (Phi) is 7.84. The molecule has 0 spiro atoms. The molecule has 5 rings (SSSR count). The van der Waals surface area contributed by atoms with Crippen LogP contribution in [0.15, 0.2) is 73.1 Å². The van der Waals surface area contributed by atoms with Crippen LogP contribution in [0.4, 0.5) is 10.5 Å². The highest BCUT2D eigenvalue weighted by Crippen LogP contribution is 2.35. The van der Waals surface area contributed by atoms with Gasteiger partial charge in [-0.15, -0.1) is 0 Å². The van der Waals surface area contributed by atoms with Crippen LogP contribution in [0.2, 0.25) is 0 Å². The molecule has 196 valence electrons. The molecule has 2 amide bonds. The number of hydrogen-bond donors (Lipinski definition) is 2. The van der Waals surface area contributed by atoms with Crippen molar-refractivity contribution in [2.45, 2.75) is 19.3 Å². The average molecular weight is 514 g/mol. The van der Waals surface area contributed by atoms with Crippen molar-refractivity contribution in [3.05, 3.63) is 78.6 Å². The Morgan fingerprint density at radius 2 is 1.66 bits per heavy atom. The number of urea groups is 1. The van der Waals surface area contributed by atoms with E-state index in [9.17, 15) is 4.79 Å². The number of anilines is 1. The number of carbonyl (C=O) groups excluding carboxylic acids is 1. The van der Waals surface area contributed by atoms with E-state index in [0.717, 1.165) is 32.4 Å². The second-order valence-corrected chi connectivity index (χ2v) is 9.22. The quantitative estimate of drug-likeness (QED) is 0.324. The first-order valence-electron chi connectivity index (χ1n) is 12.6. The number of nitrogens with zero attached hydrogens (tertiary/aromatic N) is 3. The highest BCUT2D eigenvalue weighted by atomic mass is 16.5. The molecule has 2 heterocycles. The third-order valence-corrected chi connectivity index (χ3v) is 6.67. The summed E-state index contributed by atoms with van der Waals surface area (Å²) < 4.78 is 16.8. The lowest BCUT2D eigenvalue weighted by molar-refractivity contribution is 0.135. The molecule has 0 bridgehead atoms. The summed E-state index contributed by atoms with van der Waals surface area (Å²) in [6.07, 6.45) is 4.63. The molecule has 1 aliphatic heterocycles. The lowest BCUT2D eigenvalue weighted by Crippen LogP contribution is -2.48. The van der Waals surface area contributed by atoms with E-state index in [2.05, 4.69) is 45.0 Å². The zero-order chi connectivity index (χ0) is 26.3. The highest BCUT2D eigenvalue weighted by Gasteiger charge is 2.21. The minimum atomic E-state index is -0.261. The van der Waals surface area contributed by atoms with E-state index in [1.807, 2.05) is 11.1 Å². The van der Waals surface area contributed by atoms with Gasteiger partial charge in [-0.2, -0.15) is 0 Å². The number of methoxy groups -OCH3 is 2. The third kappa shape index (κ3) is 6.12. The van der Waals surface area contributed by atoms with E-state index in [4.69, 9.17) is 14.2 Å². The molecule has 0 aliphatic carbocycles. The fraction of sp³-hybridized carbons (Fsp3) is 0.276. The lowest BCUT2D eigenvalue weighted by Gasteiger charge is -2.32. The molecule has 0 unspecified atom stereocenters. The van der Waals surface area contributed by atoms with E-state index in [1.54, 1.807) is 50.6 Å². The van der Waals surface area contributed by atoms with Crippen molar-refractivity contribution < 1.29 is 19.0 Å². The van der Waals surface area contributed by atoms with Gasteiger partial charge in [-0.3, -0.25) is 5.43 Å². The number of hydrazine groups is 1. The van der Waals surface area contributed by atoms with Gasteiger partial charge >= 0.3 is 6.03 Å². The minimum absolute atomic E-state index is 0.261. The van der Waals surface area contributed by atoms with Gasteiger partial charge in [-0.25, -0.2) is 19.8 Å². The molecular weight excluding hydrogens is 482 g/mol. The summed E-state index contributed by atoms with van der Waals surface area (Å²) in [5.41, 5.74) is 5.66. The first-order valence-corrected chi connectivity index (χ1v) is 12.6. The van der Waals surface area contributed by atoms with Crippen LogP contribution in [0, 0.1) is 5.92 Å². The second kappa shape index (κ2) is 11.8. The maximum Gasteiger partial charge on any atom is 0.333 e. The van der Waals surface area contributed by atoms with E-state index >= 15 is 0 Å². The Hall–Kier alpha value is -4.37. The van der Waals surface area contributed by atoms with E-state index < -0.39 is 0 Å². The summed E-state index contributed by atoms with van der Waals surface area (Å²) in [5, 5.41) is 5.56. The number of piperidine rings is 1. The van der Waals surface area contributed by atoms with Gasteiger partial charge in [0.1, 0.15) is 12.1 Å². The van der Waals surface area contributed by atoms with Gasteiger partial charge in [0.25, 0.3) is 0 Å². The molecule has 3 aromatic carbocycles. The fourth-order valence-electron chi connectivity index (χ4n) is 4.66. The number of benzene rings is 3. The van der Waals surface area contributed by atoms with Crippen LogP contribution in [-0.4, -0.2) is 48.3 Å². The van der Waals surface area contributed by atoms with Crippen LogP contribution in [0.1, 0.15) is 18.4 Å². The lowest BCUT2D eigenvalue weighted by atomic mass is 9.91. The number of hydrogen-bond acceptors (Lipinski definition) is 7. The number of nitrogens with one attached hydrogen (secondary N) is 2. The van der Waals surface area contributed by atoms with Crippen LogP contribution in [0.5, 0.6) is 23.1 Å². The van der Waals surface area contributed by atoms with E-state index in [-0.39, 0.29) is 6.03 Å². The van der Waals surface area contributed by atoms with Crippen molar-refractivity contribution in [3.63, 3.8) is 0 Å². The minimum Gasteiger partial charge on any atom is -0.493 e. The smallest absolute Gasteiger partial charge is 0.333 e. The molecule has 38 heavy (non-hydrogen) atoms. The van der Waals surface area contributed by atoms with Crippen LogP contribution >= 0.6 is 0 Å². The van der Waals surface area contributed by atoms with Crippen LogP contribution in [0.25, 0.3) is 10.9 Å². The van der Waals surface area contributed by atoms with Crippen LogP contribution in [0.3, 0.4) is 0 Å². The predicted molar refractivity (Wildman–Crippen MR) is 146 cm³/mol. The SMILES string of the molecule is COc1cc2ncnc(Oc3ccc(NC(=O)NN4CCC(Cc5ccccc5)CC4)cc3)c2cc1OC. The van der Waals surface area contributed by atoms with Gasteiger partial charge in [-0.1, -0.05) is 30.3 Å². The summed E-state index contributed by atoms with van der Waals surface area (Å²) >= 11 is 0. The van der Waals surface area contributed by atoms with Gasteiger partial charge in [0, 0.05) is 24.8 Å². The molecule has 2 N–H and O–H groups in total. The Bertz CT molecular complexity index is 1370. The highest BCUT2D eigenvalue weighted by molar-refractivity contribution is 5.89. The molecule has 1 saturated heterocycles. The topological polar surface area (TPSA) is 97.8 Å². The van der Waals surface area contributed by atoms with Gasteiger partial charge in [0.05, 0.1) is 25.1 Å². The normalized spacial score (nSPS) is 14.2. The van der Waals surface area contributed by atoms with Crippen molar-refractivity contribution in [1.82, 2.24) is 20.4 Å². The molecule has 9 nitrogen and oxygen atoms in total. The number of carbonyl (C=O) groups is 1. The van der Waals surface area contributed by atoms with Gasteiger partial charge in [0.2, 0.25) is 5.88 Å². The van der Waals surface area contributed by atoms with Crippen molar-refractivity contribution in [2.24, 2.45) is 5.92 Å². The molecule has 0 saturated carbocycles. The van der Waals surface area contributed by atoms with Gasteiger partial charge < -0.3 is 19.5 Å². The number of ether oxygens (including phenoxy) is 3. The third-order valence-electron chi connectivity index (χ3n) is 6.67.